The summed E-state index contributed by atoms with van der Waals surface area (Å²) < 4.78 is 5.35. The van der Waals surface area contributed by atoms with Gasteiger partial charge in [0, 0.05) is 16.8 Å². The first-order valence-electron chi connectivity index (χ1n) is 5.87. The number of nitrogen functional groups attached to an aromatic ring is 1. The number of furan rings is 1. The second kappa shape index (κ2) is 4.49. The molecule has 2 aromatic carbocycles. The van der Waals surface area contributed by atoms with Crippen LogP contribution in [0.15, 0.2) is 59.2 Å². The SMILES string of the molecule is Nc1cccc(NC(=O)c2coc3ccccc23)c1. The third kappa shape index (κ3) is 2.15. The van der Waals surface area contributed by atoms with Crippen LogP contribution >= 0.6 is 0 Å². The number of nitrogens with two attached hydrogens (primary N) is 1. The highest BCUT2D eigenvalue weighted by atomic mass is 16.3. The van der Waals surface area contributed by atoms with Gasteiger partial charge < -0.3 is 15.5 Å². The molecule has 3 aromatic rings. The van der Waals surface area contributed by atoms with Crippen LogP contribution in [0.4, 0.5) is 11.4 Å². The van der Waals surface area contributed by atoms with Gasteiger partial charge in [-0.15, -0.1) is 0 Å². The van der Waals surface area contributed by atoms with Gasteiger partial charge in [-0.25, -0.2) is 0 Å². The minimum atomic E-state index is -0.212. The Kier molecular flexibility index (Phi) is 2.68. The second-order valence-corrected chi connectivity index (χ2v) is 4.23. The molecule has 1 amide bonds. The molecule has 1 aromatic heterocycles. The van der Waals surface area contributed by atoms with Gasteiger partial charge in [-0.05, 0) is 24.3 Å². The van der Waals surface area contributed by atoms with Crippen LogP contribution in [-0.4, -0.2) is 5.91 Å². The van der Waals surface area contributed by atoms with Crippen molar-refractivity contribution in [3.05, 3.63) is 60.4 Å². The highest BCUT2D eigenvalue weighted by Crippen LogP contribution is 2.22. The number of fused-ring (bicyclic) bond motifs is 1. The van der Waals surface area contributed by atoms with E-state index in [4.69, 9.17) is 10.2 Å². The fourth-order valence-corrected chi connectivity index (χ4v) is 1.97. The average molecular weight is 252 g/mol. The van der Waals surface area contributed by atoms with Gasteiger partial charge in [-0.1, -0.05) is 24.3 Å². The third-order valence-electron chi connectivity index (χ3n) is 2.87. The number of hydrogen-bond acceptors (Lipinski definition) is 3. The Balaban J connectivity index is 1.92. The van der Waals surface area contributed by atoms with E-state index in [2.05, 4.69) is 5.32 Å². The average Bonchev–Trinajstić information content (AvgIpc) is 2.82. The summed E-state index contributed by atoms with van der Waals surface area (Å²) in [5.41, 5.74) is 8.15. The molecule has 1 heterocycles. The van der Waals surface area contributed by atoms with Crippen LogP contribution in [0.25, 0.3) is 11.0 Å². The molecule has 3 N–H and O–H groups in total. The molecular formula is C15H12N2O2. The summed E-state index contributed by atoms with van der Waals surface area (Å²) in [6.07, 6.45) is 1.46. The molecule has 0 fully saturated rings. The van der Waals surface area contributed by atoms with E-state index in [-0.39, 0.29) is 5.91 Å². The molecule has 0 bridgehead atoms. The van der Waals surface area contributed by atoms with Crippen molar-refractivity contribution >= 4 is 28.3 Å². The van der Waals surface area contributed by atoms with Crippen LogP contribution < -0.4 is 11.1 Å². The van der Waals surface area contributed by atoms with Crippen molar-refractivity contribution in [2.45, 2.75) is 0 Å². The summed E-state index contributed by atoms with van der Waals surface area (Å²) in [5.74, 6) is -0.212. The maximum absolute atomic E-state index is 12.2. The zero-order valence-corrected chi connectivity index (χ0v) is 10.1. The predicted molar refractivity (Wildman–Crippen MR) is 75.0 cm³/mol. The van der Waals surface area contributed by atoms with Gasteiger partial charge in [0.1, 0.15) is 11.8 Å². The van der Waals surface area contributed by atoms with Gasteiger partial charge in [-0.3, -0.25) is 4.79 Å². The van der Waals surface area contributed by atoms with Gasteiger partial charge in [-0.2, -0.15) is 0 Å². The van der Waals surface area contributed by atoms with Crippen LogP contribution in [0.5, 0.6) is 0 Å². The minimum absolute atomic E-state index is 0.212. The van der Waals surface area contributed by atoms with Gasteiger partial charge >= 0.3 is 0 Å². The molecule has 4 heteroatoms. The lowest BCUT2D eigenvalue weighted by Gasteiger charge is -2.04. The molecule has 0 aliphatic rings. The maximum atomic E-state index is 12.2. The number of amides is 1. The second-order valence-electron chi connectivity index (χ2n) is 4.23. The van der Waals surface area contributed by atoms with Gasteiger partial charge in [0.05, 0.1) is 5.56 Å². The van der Waals surface area contributed by atoms with E-state index in [9.17, 15) is 4.79 Å². The third-order valence-corrected chi connectivity index (χ3v) is 2.87. The Hall–Kier alpha value is -2.75. The van der Waals surface area contributed by atoms with Gasteiger partial charge in [0.25, 0.3) is 5.91 Å². The van der Waals surface area contributed by atoms with Crippen LogP contribution in [0.3, 0.4) is 0 Å². The van der Waals surface area contributed by atoms with E-state index in [0.29, 0.717) is 22.5 Å². The zero-order valence-electron chi connectivity index (χ0n) is 10.1. The van der Waals surface area contributed by atoms with E-state index in [0.717, 1.165) is 5.39 Å². The molecule has 0 aliphatic carbocycles. The Bertz CT molecular complexity index is 746. The number of benzene rings is 2. The summed E-state index contributed by atoms with van der Waals surface area (Å²) in [4.78, 5) is 12.2. The molecule has 0 saturated heterocycles. The summed E-state index contributed by atoms with van der Waals surface area (Å²) in [7, 11) is 0. The van der Waals surface area contributed by atoms with E-state index < -0.39 is 0 Å². The maximum Gasteiger partial charge on any atom is 0.259 e. The fourth-order valence-electron chi connectivity index (χ4n) is 1.97. The highest BCUT2D eigenvalue weighted by molar-refractivity contribution is 6.12. The first kappa shape index (κ1) is 11.3. The molecule has 19 heavy (non-hydrogen) atoms. The van der Waals surface area contributed by atoms with Gasteiger partial charge in [0.15, 0.2) is 0 Å². The number of nitrogens with one attached hydrogen (secondary N) is 1. The molecule has 94 valence electrons. The standard InChI is InChI=1S/C15H12N2O2/c16-10-4-3-5-11(8-10)17-15(18)13-9-19-14-7-2-1-6-12(13)14/h1-9H,16H2,(H,17,18). The van der Waals surface area contributed by atoms with Crippen LogP contribution in [0, 0.1) is 0 Å². The molecule has 0 radical (unpaired) electrons. The number of carbonyl (C=O) groups excluding carboxylic acids is 1. The lowest BCUT2D eigenvalue weighted by Crippen LogP contribution is -2.11. The summed E-state index contributed by atoms with van der Waals surface area (Å²) in [5, 5.41) is 3.59. The number of rotatable bonds is 2. The van der Waals surface area contributed by atoms with E-state index >= 15 is 0 Å². The number of para-hydroxylation sites is 1. The molecule has 0 spiro atoms. The monoisotopic (exact) mass is 252 g/mol. The lowest BCUT2D eigenvalue weighted by molar-refractivity contribution is 0.102. The van der Waals surface area contributed by atoms with E-state index in [1.807, 2.05) is 24.3 Å². The van der Waals surface area contributed by atoms with Crippen molar-refractivity contribution in [2.75, 3.05) is 11.1 Å². The highest BCUT2D eigenvalue weighted by Gasteiger charge is 2.13. The van der Waals surface area contributed by atoms with Crippen molar-refractivity contribution in [3.8, 4) is 0 Å². The number of anilines is 2. The van der Waals surface area contributed by atoms with E-state index in [1.165, 1.54) is 6.26 Å². The van der Waals surface area contributed by atoms with Crippen molar-refractivity contribution in [3.63, 3.8) is 0 Å². The van der Waals surface area contributed by atoms with Gasteiger partial charge in [0.2, 0.25) is 0 Å². The molecule has 0 aliphatic heterocycles. The normalized spacial score (nSPS) is 10.5. The van der Waals surface area contributed by atoms with Crippen molar-refractivity contribution in [1.29, 1.82) is 0 Å². The smallest absolute Gasteiger partial charge is 0.259 e. The quantitative estimate of drug-likeness (QED) is 0.688. The molecule has 0 saturated carbocycles. The van der Waals surface area contributed by atoms with Crippen molar-refractivity contribution in [1.82, 2.24) is 0 Å². The van der Waals surface area contributed by atoms with Crippen LogP contribution in [-0.2, 0) is 0 Å². The summed E-state index contributed by atoms with van der Waals surface area (Å²) in [6.45, 7) is 0. The predicted octanol–water partition coefficient (Wildman–Crippen LogP) is 3.27. The molecule has 4 nitrogen and oxygen atoms in total. The summed E-state index contributed by atoms with van der Waals surface area (Å²) in [6, 6.07) is 14.5. The Morgan fingerprint density at radius 2 is 1.95 bits per heavy atom. The molecule has 3 rings (SSSR count). The molecule has 0 unspecified atom stereocenters. The fraction of sp³-hybridized carbons (Fsp3) is 0. The topological polar surface area (TPSA) is 68.3 Å². The Labute approximate surface area is 109 Å². The molecule has 0 atom stereocenters. The largest absolute Gasteiger partial charge is 0.463 e. The minimum Gasteiger partial charge on any atom is -0.463 e. The first-order valence-corrected chi connectivity index (χ1v) is 5.87. The zero-order chi connectivity index (χ0) is 13.2. The van der Waals surface area contributed by atoms with Crippen LogP contribution in [0.2, 0.25) is 0 Å². The van der Waals surface area contributed by atoms with Crippen LogP contribution in [0.1, 0.15) is 10.4 Å². The van der Waals surface area contributed by atoms with Crippen molar-refractivity contribution in [2.24, 2.45) is 0 Å². The first-order chi connectivity index (χ1) is 9.24. The summed E-state index contributed by atoms with van der Waals surface area (Å²) >= 11 is 0. The Morgan fingerprint density at radius 1 is 1.11 bits per heavy atom. The molecular weight excluding hydrogens is 240 g/mol. The Morgan fingerprint density at radius 3 is 2.79 bits per heavy atom. The van der Waals surface area contributed by atoms with E-state index in [1.54, 1.807) is 24.3 Å². The lowest BCUT2D eigenvalue weighted by atomic mass is 10.1. The van der Waals surface area contributed by atoms with Crippen molar-refractivity contribution < 1.29 is 9.21 Å². The number of hydrogen-bond donors (Lipinski definition) is 2. The number of carbonyl (C=O) groups is 1.